The molecule has 0 N–H and O–H groups in total. The molecule has 8 aromatic rings. The molecule has 1 aromatic carbocycles. The van der Waals surface area contributed by atoms with Crippen LogP contribution in [0.3, 0.4) is 0 Å². The first kappa shape index (κ1) is 32.9. The van der Waals surface area contributed by atoms with Gasteiger partial charge < -0.3 is 0 Å². The highest BCUT2D eigenvalue weighted by Gasteiger charge is 2.18. The normalized spacial score (nSPS) is 11.7. The number of allylic oxidation sites excluding steroid dienone is 2. The number of nitriles is 4. The predicted molar refractivity (Wildman–Crippen MR) is 216 cm³/mol. The number of thiophene rings is 6. The van der Waals surface area contributed by atoms with E-state index in [4.69, 9.17) is 19.3 Å². The van der Waals surface area contributed by atoms with Crippen molar-refractivity contribution >= 4 is 114 Å². The summed E-state index contributed by atoms with van der Waals surface area (Å²) in [6.07, 6.45) is 3.76. The molecule has 0 bridgehead atoms. The highest BCUT2D eigenvalue weighted by molar-refractivity contribution is 7.25. The second-order valence-electron chi connectivity index (χ2n) is 10.7. The molecule has 0 aliphatic heterocycles. The Morgan fingerprint density at radius 2 is 0.863 bits per heavy atom. The summed E-state index contributed by atoms with van der Waals surface area (Å²) in [5, 5.41) is 37.8. The number of benzene rings is 1. The van der Waals surface area contributed by atoms with Crippen LogP contribution in [0, 0.1) is 45.3 Å². The van der Waals surface area contributed by atoms with Crippen LogP contribution >= 0.6 is 79.7 Å². The van der Waals surface area contributed by atoms with Crippen molar-refractivity contribution < 1.29 is 0 Å². The number of aromatic nitrogens is 2. The molecular weight excluding hydrogens is 765 g/mol. The van der Waals surface area contributed by atoms with E-state index in [0.717, 1.165) is 70.9 Å². The predicted octanol–water partition coefficient (Wildman–Crippen LogP) is 12.6. The lowest BCUT2D eigenvalue weighted by molar-refractivity contribution is 1.52. The average Bonchev–Trinajstić information content (AvgIpc) is 4.01. The van der Waals surface area contributed by atoms with Gasteiger partial charge in [-0.3, -0.25) is 0 Å². The SMILES string of the molecule is N#C/C(=C\c1ccc(-c2ccc(-c3ccc(-c4ccc(-c5ccc(/C=C(\C#N)c6ccc(C#N)s6)s5)s4)c4nsnc34)s2)s1)c1ccc(C#N)s1. The van der Waals surface area contributed by atoms with Gasteiger partial charge in [-0.05, 0) is 84.9 Å². The Morgan fingerprint density at radius 1 is 0.451 bits per heavy atom. The van der Waals surface area contributed by atoms with Crippen molar-refractivity contribution in [1.82, 2.24) is 8.75 Å². The Labute approximate surface area is 320 Å². The molecule has 240 valence electrons. The number of rotatable bonds is 8. The van der Waals surface area contributed by atoms with Crippen molar-refractivity contribution in [3.05, 3.63) is 114 Å². The standard InChI is InChI=1S/C38H16N6S7/c39-17-21(29-7-3-25(19-41)47-29)15-23-1-9-33(45-23)35-13-11-31(49-35)27-5-6-28(38-37(27)43-51-44-38)32-12-14-36(50-32)34-10-2-24(46-34)16-22(18-40)30-8-4-26(20-42)48-30/h1-16H/b21-15+,22-16+. The van der Waals surface area contributed by atoms with Gasteiger partial charge in [0.2, 0.25) is 0 Å². The highest BCUT2D eigenvalue weighted by atomic mass is 32.1. The minimum atomic E-state index is 0.547. The van der Waals surface area contributed by atoms with Crippen LogP contribution in [-0.2, 0) is 0 Å². The zero-order valence-electron chi connectivity index (χ0n) is 25.8. The van der Waals surface area contributed by atoms with Gasteiger partial charge in [0, 0.05) is 59.9 Å². The van der Waals surface area contributed by atoms with Gasteiger partial charge in [-0.1, -0.05) is 12.1 Å². The monoisotopic (exact) mass is 780 g/mol. The van der Waals surface area contributed by atoms with Crippen LogP contribution in [0.15, 0.2) is 84.9 Å². The summed E-state index contributed by atoms with van der Waals surface area (Å²) in [5.41, 5.74) is 4.93. The second-order valence-corrected chi connectivity index (χ2v) is 17.8. The third-order valence-corrected chi connectivity index (χ3v) is 14.9. The molecule has 0 atom stereocenters. The van der Waals surface area contributed by atoms with E-state index in [1.165, 1.54) is 34.4 Å². The van der Waals surface area contributed by atoms with Crippen molar-refractivity contribution in [2.75, 3.05) is 0 Å². The Bertz CT molecular complexity index is 2640. The molecule has 6 nitrogen and oxygen atoms in total. The third-order valence-electron chi connectivity index (χ3n) is 7.68. The maximum absolute atomic E-state index is 9.75. The van der Waals surface area contributed by atoms with Crippen LogP contribution in [0.1, 0.15) is 29.3 Å². The summed E-state index contributed by atoms with van der Waals surface area (Å²) in [5.74, 6) is 0. The van der Waals surface area contributed by atoms with Gasteiger partial charge in [0.1, 0.15) is 45.1 Å². The topological polar surface area (TPSA) is 121 Å². The lowest BCUT2D eigenvalue weighted by Gasteiger charge is -2.03. The molecule has 8 rings (SSSR count). The number of hydrogen-bond acceptors (Lipinski definition) is 13. The quantitative estimate of drug-likeness (QED) is 0.142. The van der Waals surface area contributed by atoms with E-state index < -0.39 is 0 Å². The maximum Gasteiger partial charge on any atom is 0.114 e. The first-order chi connectivity index (χ1) is 25.0. The van der Waals surface area contributed by atoms with Gasteiger partial charge in [-0.2, -0.15) is 29.8 Å². The second kappa shape index (κ2) is 14.1. The van der Waals surface area contributed by atoms with Crippen molar-refractivity contribution in [1.29, 1.82) is 21.0 Å². The Balaban J connectivity index is 1.03. The largest absolute Gasteiger partial charge is 0.192 e. The molecule has 0 amide bonds. The van der Waals surface area contributed by atoms with Crippen LogP contribution in [0.4, 0.5) is 0 Å². The lowest BCUT2D eigenvalue weighted by Crippen LogP contribution is -1.81. The van der Waals surface area contributed by atoms with E-state index in [1.54, 1.807) is 57.5 Å². The third kappa shape index (κ3) is 6.53. The van der Waals surface area contributed by atoms with Crippen LogP contribution < -0.4 is 0 Å². The minimum Gasteiger partial charge on any atom is -0.192 e. The number of hydrogen-bond donors (Lipinski definition) is 0. The number of fused-ring (bicyclic) bond motifs is 1. The van der Waals surface area contributed by atoms with E-state index in [9.17, 15) is 10.5 Å². The molecule has 7 heterocycles. The molecule has 0 aliphatic carbocycles. The Hall–Kier alpha value is -5.32. The summed E-state index contributed by atoms with van der Waals surface area (Å²) >= 11 is 10.5. The van der Waals surface area contributed by atoms with E-state index in [2.05, 4.69) is 72.8 Å². The fourth-order valence-electron chi connectivity index (χ4n) is 5.31. The fourth-order valence-corrected chi connectivity index (χ4v) is 11.6. The maximum atomic E-state index is 9.75. The molecular formula is C38H16N6S7. The van der Waals surface area contributed by atoms with Gasteiger partial charge in [-0.25, -0.2) is 0 Å². The van der Waals surface area contributed by atoms with E-state index in [0.29, 0.717) is 20.9 Å². The van der Waals surface area contributed by atoms with E-state index >= 15 is 0 Å². The van der Waals surface area contributed by atoms with Gasteiger partial charge >= 0.3 is 0 Å². The molecule has 0 unspecified atom stereocenters. The zero-order valence-corrected chi connectivity index (χ0v) is 31.5. The molecule has 0 fully saturated rings. The zero-order chi connectivity index (χ0) is 34.9. The average molecular weight is 781 g/mol. The van der Waals surface area contributed by atoms with Crippen molar-refractivity contribution in [3.63, 3.8) is 0 Å². The number of nitrogens with zero attached hydrogens (tertiary/aromatic N) is 6. The summed E-state index contributed by atoms with van der Waals surface area (Å²) in [6.45, 7) is 0. The first-order valence-electron chi connectivity index (χ1n) is 14.9. The van der Waals surface area contributed by atoms with Gasteiger partial charge in [0.05, 0.1) is 22.9 Å². The fraction of sp³-hybridized carbons (Fsp3) is 0. The molecule has 0 saturated heterocycles. The Morgan fingerprint density at radius 3 is 1.27 bits per heavy atom. The molecule has 0 aliphatic rings. The Kier molecular flexibility index (Phi) is 9.10. The minimum absolute atomic E-state index is 0.547. The van der Waals surface area contributed by atoms with Crippen LogP contribution in [0.25, 0.3) is 74.7 Å². The molecule has 0 radical (unpaired) electrons. The molecule has 0 spiro atoms. The van der Waals surface area contributed by atoms with Crippen molar-refractivity contribution in [2.45, 2.75) is 0 Å². The van der Waals surface area contributed by atoms with Crippen LogP contribution in [0.2, 0.25) is 0 Å². The smallest absolute Gasteiger partial charge is 0.114 e. The molecule has 51 heavy (non-hydrogen) atoms. The van der Waals surface area contributed by atoms with Crippen LogP contribution in [0.5, 0.6) is 0 Å². The van der Waals surface area contributed by atoms with Crippen molar-refractivity contribution in [3.8, 4) is 64.7 Å². The highest BCUT2D eigenvalue weighted by Crippen LogP contribution is 2.44. The van der Waals surface area contributed by atoms with Gasteiger partial charge in [0.25, 0.3) is 0 Å². The van der Waals surface area contributed by atoms with Crippen LogP contribution in [-0.4, -0.2) is 8.75 Å². The molecule has 7 aromatic heterocycles. The summed E-state index contributed by atoms with van der Waals surface area (Å²) < 4.78 is 9.44. The first-order valence-corrected chi connectivity index (χ1v) is 20.6. The van der Waals surface area contributed by atoms with E-state index in [-0.39, 0.29) is 0 Å². The summed E-state index contributed by atoms with van der Waals surface area (Å²) in [4.78, 5) is 11.4. The van der Waals surface area contributed by atoms with E-state index in [1.807, 2.05) is 36.4 Å². The lowest BCUT2D eigenvalue weighted by atomic mass is 10.1. The molecule has 0 saturated carbocycles. The summed E-state index contributed by atoms with van der Waals surface area (Å²) in [6, 6.07) is 36.9. The van der Waals surface area contributed by atoms with Gasteiger partial charge in [0.15, 0.2) is 0 Å². The summed E-state index contributed by atoms with van der Waals surface area (Å²) in [7, 11) is 0. The van der Waals surface area contributed by atoms with Gasteiger partial charge in [-0.15, -0.1) is 68.0 Å². The molecule has 13 heteroatoms. The van der Waals surface area contributed by atoms with Crippen molar-refractivity contribution in [2.24, 2.45) is 0 Å².